The van der Waals surface area contributed by atoms with Crippen LogP contribution in [0.3, 0.4) is 0 Å². The SMILES string of the molecule is CC(=O)Nc1ccc(NC(=O)c2nnn(-c3cc(Cl)cc(Cl)c3)c2CSc2nc(C)cc(C)n2)cc1. The lowest BCUT2D eigenvalue weighted by atomic mass is 10.2. The molecule has 0 aliphatic rings. The Balaban J connectivity index is 1.65. The van der Waals surface area contributed by atoms with Crippen LogP contribution >= 0.6 is 35.0 Å². The molecule has 0 saturated carbocycles. The third-order valence-corrected chi connectivity index (χ3v) is 6.13. The van der Waals surface area contributed by atoms with Crippen LogP contribution in [0, 0.1) is 13.8 Å². The van der Waals surface area contributed by atoms with E-state index >= 15 is 0 Å². The number of hydrogen-bond donors (Lipinski definition) is 2. The van der Waals surface area contributed by atoms with Gasteiger partial charge in [-0.25, -0.2) is 14.6 Å². The number of aryl methyl sites for hydroxylation is 2. The van der Waals surface area contributed by atoms with Crippen molar-refractivity contribution in [3.05, 3.63) is 81.4 Å². The summed E-state index contributed by atoms with van der Waals surface area (Å²) in [6.07, 6.45) is 0. The molecule has 4 aromatic rings. The van der Waals surface area contributed by atoms with Crippen molar-refractivity contribution in [2.75, 3.05) is 10.6 Å². The van der Waals surface area contributed by atoms with Crippen molar-refractivity contribution in [2.45, 2.75) is 31.7 Å². The van der Waals surface area contributed by atoms with Crippen LogP contribution in [0.5, 0.6) is 0 Å². The summed E-state index contributed by atoms with van der Waals surface area (Å²) in [5.74, 6) is -0.317. The number of thioether (sulfide) groups is 1. The molecular formula is C24H21Cl2N7O2S. The molecular weight excluding hydrogens is 521 g/mol. The molecule has 2 heterocycles. The predicted octanol–water partition coefficient (Wildman–Crippen LogP) is 5.48. The van der Waals surface area contributed by atoms with Crippen molar-refractivity contribution in [3.8, 4) is 5.69 Å². The summed E-state index contributed by atoms with van der Waals surface area (Å²) < 4.78 is 1.53. The minimum Gasteiger partial charge on any atom is -0.326 e. The zero-order chi connectivity index (χ0) is 25.8. The van der Waals surface area contributed by atoms with Crippen molar-refractivity contribution < 1.29 is 9.59 Å². The van der Waals surface area contributed by atoms with Crippen LogP contribution in [0.4, 0.5) is 11.4 Å². The van der Waals surface area contributed by atoms with Gasteiger partial charge < -0.3 is 10.6 Å². The summed E-state index contributed by atoms with van der Waals surface area (Å²) in [6.45, 7) is 5.22. The molecule has 0 spiro atoms. The number of nitrogens with one attached hydrogen (secondary N) is 2. The van der Waals surface area contributed by atoms with E-state index in [9.17, 15) is 9.59 Å². The number of benzene rings is 2. The summed E-state index contributed by atoms with van der Waals surface area (Å²) in [5.41, 5.74) is 4.07. The van der Waals surface area contributed by atoms with E-state index in [4.69, 9.17) is 23.2 Å². The zero-order valence-corrected chi connectivity index (χ0v) is 21.9. The molecule has 0 saturated heterocycles. The molecule has 12 heteroatoms. The third kappa shape index (κ3) is 6.39. The van der Waals surface area contributed by atoms with E-state index in [0.29, 0.717) is 43.7 Å². The van der Waals surface area contributed by atoms with E-state index in [2.05, 4.69) is 30.9 Å². The highest BCUT2D eigenvalue weighted by Gasteiger charge is 2.22. The summed E-state index contributed by atoms with van der Waals surface area (Å²) in [7, 11) is 0. The van der Waals surface area contributed by atoms with Crippen LogP contribution in [-0.2, 0) is 10.5 Å². The average molecular weight is 542 g/mol. The van der Waals surface area contributed by atoms with E-state index in [1.807, 2.05) is 19.9 Å². The highest BCUT2D eigenvalue weighted by Crippen LogP contribution is 2.27. The Hall–Kier alpha value is -3.47. The van der Waals surface area contributed by atoms with E-state index in [1.54, 1.807) is 42.5 Å². The number of carbonyl (C=O) groups excluding carboxylic acids is 2. The maximum atomic E-state index is 13.2. The van der Waals surface area contributed by atoms with E-state index in [1.165, 1.54) is 23.4 Å². The minimum atomic E-state index is -0.446. The number of nitrogens with zero attached hydrogens (tertiary/aromatic N) is 5. The lowest BCUT2D eigenvalue weighted by molar-refractivity contribution is -0.114. The molecule has 4 rings (SSSR count). The number of carbonyl (C=O) groups is 2. The summed E-state index contributed by atoms with van der Waals surface area (Å²) >= 11 is 13.8. The van der Waals surface area contributed by atoms with Gasteiger partial charge in [-0.05, 0) is 62.4 Å². The molecule has 0 atom stereocenters. The fraction of sp³-hybridized carbons (Fsp3) is 0.167. The van der Waals surface area contributed by atoms with E-state index in [-0.39, 0.29) is 11.6 Å². The van der Waals surface area contributed by atoms with Crippen LogP contribution in [0.15, 0.2) is 53.7 Å². The summed E-state index contributed by atoms with van der Waals surface area (Å²) in [6, 6.07) is 13.6. The molecule has 0 bridgehead atoms. The molecule has 184 valence electrons. The largest absolute Gasteiger partial charge is 0.326 e. The molecule has 0 unspecified atom stereocenters. The van der Waals surface area contributed by atoms with Crippen molar-refractivity contribution in [1.29, 1.82) is 0 Å². The second kappa shape index (κ2) is 11.1. The Bertz CT molecular complexity index is 1400. The van der Waals surface area contributed by atoms with Gasteiger partial charge in [0.1, 0.15) is 0 Å². The fourth-order valence-electron chi connectivity index (χ4n) is 3.40. The maximum Gasteiger partial charge on any atom is 0.278 e. The fourth-order valence-corrected chi connectivity index (χ4v) is 4.85. The van der Waals surface area contributed by atoms with Crippen LogP contribution in [0.2, 0.25) is 10.0 Å². The van der Waals surface area contributed by atoms with Crippen molar-refractivity contribution in [2.24, 2.45) is 0 Å². The van der Waals surface area contributed by atoms with E-state index in [0.717, 1.165) is 11.4 Å². The van der Waals surface area contributed by atoms with Crippen molar-refractivity contribution >= 4 is 58.2 Å². The maximum absolute atomic E-state index is 13.2. The molecule has 2 amide bonds. The first-order chi connectivity index (χ1) is 17.2. The van der Waals surface area contributed by atoms with Gasteiger partial charge in [-0.1, -0.05) is 40.2 Å². The zero-order valence-electron chi connectivity index (χ0n) is 19.5. The first kappa shape index (κ1) is 25.6. The lowest BCUT2D eigenvalue weighted by Gasteiger charge is -2.10. The van der Waals surface area contributed by atoms with Crippen molar-refractivity contribution in [3.63, 3.8) is 0 Å². The minimum absolute atomic E-state index is 0.133. The number of rotatable bonds is 7. The molecule has 36 heavy (non-hydrogen) atoms. The Morgan fingerprint density at radius 3 is 2.08 bits per heavy atom. The smallest absolute Gasteiger partial charge is 0.278 e. The quantitative estimate of drug-likeness (QED) is 0.235. The van der Waals surface area contributed by atoms with Gasteiger partial charge in [0.15, 0.2) is 10.9 Å². The highest BCUT2D eigenvalue weighted by atomic mass is 35.5. The topological polar surface area (TPSA) is 115 Å². The number of amides is 2. The molecule has 2 aromatic heterocycles. The normalized spacial score (nSPS) is 10.8. The molecule has 2 aromatic carbocycles. The Morgan fingerprint density at radius 2 is 1.50 bits per heavy atom. The van der Waals surface area contributed by atoms with Gasteiger partial charge >= 0.3 is 0 Å². The first-order valence-electron chi connectivity index (χ1n) is 10.7. The first-order valence-corrected chi connectivity index (χ1v) is 12.5. The predicted molar refractivity (Wildman–Crippen MR) is 141 cm³/mol. The van der Waals surface area contributed by atoms with Crippen LogP contribution in [-0.4, -0.2) is 36.8 Å². The summed E-state index contributed by atoms with van der Waals surface area (Å²) in [5, 5.41) is 15.3. The second-order valence-electron chi connectivity index (χ2n) is 7.86. The standard InChI is InChI=1S/C24H21Cl2N7O2S/c1-13-8-14(2)28-24(27-13)36-12-21-22(31-32-33(21)20-10-16(25)9-17(26)11-20)23(35)30-19-6-4-18(5-7-19)29-15(3)34/h4-11H,12H2,1-3H3,(H,29,34)(H,30,35). The molecule has 2 N–H and O–H groups in total. The number of hydrogen-bond acceptors (Lipinski definition) is 7. The molecule has 0 aliphatic heterocycles. The van der Waals surface area contributed by atoms with Gasteiger partial charge in [-0.3, -0.25) is 9.59 Å². The molecule has 0 aliphatic carbocycles. The molecule has 9 nitrogen and oxygen atoms in total. The van der Waals surface area contributed by atoms with E-state index < -0.39 is 5.91 Å². The van der Waals surface area contributed by atoms with Gasteiger partial charge in [0, 0.05) is 45.5 Å². The number of anilines is 2. The molecule has 0 fully saturated rings. The number of aromatic nitrogens is 5. The lowest BCUT2D eigenvalue weighted by Crippen LogP contribution is -2.15. The van der Waals surface area contributed by atoms with Gasteiger partial charge in [0.05, 0.1) is 11.4 Å². The molecule has 0 radical (unpaired) electrons. The van der Waals surface area contributed by atoms with Crippen LogP contribution in [0.25, 0.3) is 5.69 Å². The monoisotopic (exact) mass is 541 g/mol. The average Bonchev–Trinajstić information content (AvgIpc) is 3.21. The third-order valence-electron chi connectivity index (χ3n) is 4.83. The van der Waals surface area contributed by atoms with Crippen LogP contribution < -0.4 is 10.6 Å². The van der Waals surface area contributed by atoms with Gasteiger partial charge in [0.2, 0.25) is 5.91 Å². The van der Waals surface area contributed by atoms with Crippen LogP contribution in [0.1, 0.15) is 34.5 Å². The Morgan fingerprint density at radius 1 is 0.917 bits per heavy atom. The van der Waals surface area contributed by atoms with Gasteiger partial charge in [-0.15, -0.1) is 5.10 Å². The second-order valence-corrected chi connectivity index (χ2v) is 9.67. The summed E-state index contributed by atoms with van der Waals surface area (Å²) in [4.78, 5) is 33.4. The van der Waals surface area contributed by atoms with Gasteiger partial charge in [0.25, 0.3) is 5.91 Å². The Labute approximate surface area is 221 Å². The van der Waals surface area contributed by atoms with Gasteiger partial charge in [-0.2, -0.15) is 0 Å². The highest BCUT2D eigenvalue weighted by molar-refractivity contribution is 7.98. The van der Waals surface area contributed by atoms with Crippen molar-refractivity contribution in [1.82, 2.24) is 25.0 Å². The number of halogens is 2. The Kier molecular flexibility index (Phi) is 7.88.